The van der Waals surface area contributed by atoms with E-state index >= 15 is 0 Å². The molecule has 150 valence electrons. The first kappa shape index (κ1) is 19.0. The molecule has 1 amide bonds. The number of piperidine rings is 2. The first-order valence-corrected chi connectivity index (χ1v) is 10.2. The van der Waals surface area contributed by atoms with E-state index in [4.69, 9.17) is 0 Å². The van der Waals surface area contributed by atoms with Crippen molar-refractivity contribution in [3.63, 3.8) is 0 Å². The second-order valence-corrected chi connectivity index (χ2v) is 7.85. The van der Waals surface area contributed by atoms with E-state index in [1.54, 1.807) is 0 Å². The van der Waals surface area contributed by atoms with Crippen LogP contribution >= 0.6 is 0 Å². The number of pyridine rings is 1. The van der Waals surface area contributed by atoms with Crippen molar-refractivity contribution in [1.82, 2.24) is 35.3 Å². The van der Waals surface area contributed by atoms with Gasteiger partial charge in [-0.2, -0.15) is 5.10 Å². The number of H-pyrrole nitrogens is 1. The number of amides is 1. The molecule has 0 bridgehead atoms. The third-order valence-corrected chi connectivity index (χ3v) is 5.92. The molecular formula is C20H29N7O. The SMILES string of the molecule is O=C(NCc1ncn[nH]1)C1CCCN(C2CCN(Cc3cccnc3)CC2)C1. The van der Waals surface area contributed by atoms with Crippen molar-refractivity contribution in [2.45, 2.75) is 44.8 Å². The Labute approximate surface area is 165 Å². The van der Waals surface area contributed by atoms with Crippen molar-refractivity contribution >= 4 is 5.91 Å². The zero-order valence-electron chi connectivity index (χ0n) is 16.3. The number of nitrogens with one attached hydrogen (secondary N) is 2. The molecule has 0 aromatic carbocycles. The topological polar surface area (TPSA) is 90.0 Å². The Morgan fingerprint density at radius 1 is 1.25 bits per heavy atom. The molecule has 0 aliphatic carbocycles. The van der Waals surface area contributed by atoms with Crippen LogP contribution in [0.1, 0.15) is 37.1 Å². The van der Waals surface area contributed by atoms with Gasteiger partial charge in [0.2, 0.25) is 5.91 Å². The van der Waals surface area contributed by atoms with Gasteiger partial charge >= 0.3 is 0 Å². The highest BCUT2D eigenvalue weighted by atomic mass is 16.1. The number of likely N-dealkylation sites (tertiary alicyclic amines) is 2. The molecule has 28 heavy (non-hydrogen) atoms. The lowest BCUT2D eigenvalue weighted by Crippen LogP contribution is -2.50. The maximum Gasteiger partial charge on any atom is 0.224 e. The summed E-state index contributed by atoms with van der Waals surface area (Å²) in [5.41, 5.74) is 1.28. The van der Waals surface area contributed by atoms with Crippen LogP contribution in [-0.2, 0) is 17.9 Å². The Hall–Kier alpha value is -2.32. The van der Waals surface area contributed by atoms with E-state index in [1.165, 1.54) is 24.7 Å². The number of aromatic amines is 1. The van der Waals surface area contributed by atoms with Gasteiger partial charge in [-0.15, -0.1) is 0 Å². The lowest BCUT2D eigenvalue weighted by Gasteiger charge is -2.42. The number of nitrogens with zero attached hydrogens (tertiary/aromatic N) is 5. The van der Waals surface area contributed by atoms with Gasteiger partial charge in [0, 0.05) is 31.5 Å². The van der Waals surface area contributed by atoms with Crippen molar-refractivity contribution in [3.8, 4) is 0 Å². The third kappa shape index (κ3) is 4.94. The summed E-state index contributed by atoms with van der Waals surface area (Å²) in [5.74, 6) is 0.905. The predicted molar refractivity (Wildman–Crippen MR) is 105 cm³/mol. The zero-order chi connectivity index (χ0) is 19.2. The summed E-state index contributed by atoms with van der Waals surface area (Å²) in [6, 6.07) is 4.74. The summed E-state index contributed by atoms with van der Waals surface area (Å²) in [6.45, 7) is 5.60. The summed E-state index contributed by atoms with van der Waals surface area (Å²) in [5, 5.41) is 9.60. The number of aromatic nitrogens is 4. The van der Waals surface area contributed by atoms with E-state index in [2.05, 4.69) is 41.3 Å². The highest BCUT2D eigenvalue weighted by molar-refractivity contribution is 5.78. The summed E-state index contributed by atoms with van der Waals surface area (Å²) >= 11 is 0. The van der Waals surface area contributed by atoms with E-state index in [9.17, 15) is 4.79 Å². The van der Waals surface area contributed by atoms with Gasteiger partial charge in [0.1, 0.15) is 12.2 Å². The molecule has 2 aromatic heterocycles. The smallest absolute Gasteiger partial charge is 0.224 e. The van der Waals surface area contributed by atoms with Crippen LogP contribution < -0.4 is 5.32 Å². The highest BCUT2D eigenvalue weighted by Crippen LogP contribution is 2.24. The van der Waals surface area contributed by atoms with E-state index < -0.39 is 0 Å². The van der Waals surface area contributed by atoms with Crippen LogP contribution in [0.25, 0.3) is 0 Å². The van der Waals surface area contributed by atoms with Crippen molar-refractivity contribution in [1.29, 1.82) is 0 Å². The fourth-order valence-corrected chi connectivity index (χ4v) is 4.38. The van der Waals surface area contributed by atoms with Crippen LogP contribution in [0.3, 0.4) is 0 Å². The van der Waals surface area contributed by atoms with Crippen LogP contribution in [0.2, 0.25) is 0 Å². The molecule has 2 fully saturated rings. The second-order valence-electron chi connectivity index (χ2n) is 7.85. The largest absolute Gasteiger partial charge is 0.349 e. The number of hydrogen-bond acceptors (Lipinski definition) is 6. The molecule has 0 radical (unpaired) electrons. The maximum atomic E-state index is 12.6. The van der Waals surface area contributed by atoms with Gasteiger partial charge < -0.3 is 5.32 Å². The Balaban J connectivity index is 1.23. The van der Waals surface area contributed by atoms with Gasteiger partial charge in [0.25, 0.3) is 0 Å². The van der Waals surface area contributed by atoms with Gasteiger partial charge in [-0.05, 0) is 56.9 Å². The molecule has 1 unspecified atom stereocenters. The number of carbonyl (C=O) groups excluding carboxylic acids is 1. The van der Waals surface area contributed by atoms with Gasteiger partial charge in [-0.25, -0.2) is 4.98 Å². The summed E-state index contributed by atoms with van der Waals surface area (Å²) in [6.07, 6.45) is 9.65. The maximum absolute atomic E-state index is 12.6. The highest BCUT2D eigenvalue weighted by Gasteiger charge is 2.31. The number of carbonyl (C=O) groups is 1. The van der Waals surface area contributed by atoms with Crippen LogP contribution in [0.5, 0.6) is 0 Å². The van der Waals surface area contributed by atoms with Crippen LogP contribution in [0, 0.1) is 5.92 Å². The van der Waals surface area contributed by atoms with E-state index in [-0.39, 0.29) is 11.8 Å². The molecular weight excluding hydrogens is 354 g/mol. The van der Waals surface area contributed by atoms with Crippen molar-refractivity contribution in [3.05, 3.63) is 42.2 Å². The average molecular weight is 384 g/mol. The molecule has 4 heterocycles. The Morgan fingerprint density at radius 2 is 2.14 bits per heavy atom. The molecule has 2 aliphatic rings. The summed E-state index contributed by atoms with van der Waals surface area (Å²) in [7, 11) is 0. The third-order valence-electron chi connectivity index (χ3n) is 5.92. The van der Waals surface area contributed by atoms with Gasteiger partial charge in [-0.3, -0.25) is 24.7 Å². The summed E-state index contributed by atoms with van der Waals surface area (Å²) < 4.78 is 0. The van der Waals surface area contributed by atoms with Gasteiger partial charge in [0.05, 0.1) is 12.5 Å². The van der Waals surface area contributed by atoms with Crippen molar-refractivity contribution in [2.24, 2.45) is 5.92 Å². The molecule has 2 aliphatic heterocycles. The quantitative estimate of drug-likeness (QED) is 0.779. The van der Waals surface area contributed by atoms with Crippen molar-refractivity contribution < 1.29 is 4.79 Å². The summed E-state index contributed by atoms with van der Waals surface area (Å²) in [4.78, 5) is 25.9. The minimum atomic E-state index is 0.0742. The van der Waals surface area contributed by atoms with E-state index in [1.807, 2.05) is 18.5 Å². The minimum Gasteiger partial charge on any atom is -0.349 e. The van der Waals surface area contributed by atoms with Crippen LogP contribution in [0.4, 0.5) is 0 Å². The fraction of sp³-hybridized carbons (Fsp3) is 0.600. The minimum absolute atomic E-state index is 0.0742. The van der Waals surface area contributed by atoms with Gasteiger partial charge in [0.15, 0.2) is 0 Å². The number of rotatable bonds is 6. The first-order valence-electron chi connectivity index (χ1n) is 10.2. The molecule has 0 spiro atoms. The predicted octanol–water partition coefficient (Wildman–Crippen LogP) is 1.19. The number of hydrogen-bond donors (Lipinski definition) is 2. The molecule has 4 rings (SSSR count). The Morgan fingerprint density at radius 3 is 2.89 bits per heavy atom. The molecule has 8 nitrogen and oxygen atoms in total. The zero-order valence-corrected chi connectivity index (χ0v) is 16.3. The molecule has 1 atom stereocenters. The Kier molecular flexibility index (Phi) is 6.28. The monoisotopic (exact) mass is 383 g/mol. The second kappa shape index (κ2) is 9.25. The van der Waals surface area contributed by atoms with Crippen molar-refractivity contribution in [2.75, 3.05) is 26.2 Å². The van der Waals surface area contributed by atoms with E-state index in [0.717, 1.165) is 45.6 Å². The standard InChI is InChI=1S/C20H29N7O/c28-20(22-12-19-23-15-24-25-19)17-4-2-8-27(14-17)18-5-9-26(10-6-18)13-16-3-1-7-21-11-16/h1,3,7,11,15,17-18H,2,4-6,8-10,12-14H2,(H,22,28)(H,23,24,25). The van der Waals surface area contributed by atoms with Crippen LogP contribution in [-0.4, -0.2) is 68.1 Å². The first-order chi connectivity index (χ1) is 13.8. The molecule has 0 saturated carbocycles. The van der Waals surface area contributed by atoms with E-state index in [0.29, 0.717) is 18.4 Å². The molecule has 8 heteroatoms. The van der Waals surface area contributed by atoms with Gasteiger partial charge in [-0.1, -0.05) is 6.07 Å². The molecule has 2 N–H and O–H groups in total. The lowest BCUT2D eigenvalue weighted by molar-refractivity contribution is -0.127. The Bertz CT molecular complexity index is 728. The molecule has 2 aromatic rings. The van der Waals surface area contributed by atoms with Crippen LogP contribution in [0.15, 0.2) is 30.9 Å². The normalized spacial score (nSPS) is 22.2. The average Bonchev–Trinajstić information content (AvgIpc) is 3.27. The fourth-order valence-electron chi connectivity index (χ4n) is 4.38. The lowest BCUT2D eigenvalue weighted by atomic mass is 9.93. The molecule has 2 saturated heterocycles.